The van der Waals surface area contributed by atoms with Gasteiger partial charge in [0.2, 0.25) is 0 Å². The standard InChI is InChI=1S/C40H54N6O7/c1-8-45-30-16-15-24(20-27(30)31-32(40(5,6)23-47)35(52-7)33-26(34(31)45)13-9-17-41-33)25-12-10-18-44(21-25)22-29(42-38(51)53-39(2,3)4)36(48)46-19-11-14-28(43-46)37(49)50/h9,12-13,15-17,20,28-29,32,35,43,47H,8,10-11,14,18-19,21-23H2,1-7H3,(H,42,51)(H,49,50)/t28-,29?,32?,35-/m0/s1. The van der Waals surface area contributed by atoms with Crippen molar-refractivity contribution in [2.24, 2.45) is 5.41 Å². The molecule has 53 heavy (non-hydrogen) atoms. The van der Waals surface area contributed by atoms with E-state index in [1.54, 1.807) is 34.1 Å². The second-order valence-electron chi connectivity index (χ2n) is 16.1. The van der Waals surface area contributed by atoms with Crippen LogP contribution in [0, 0.1) is 5.41 Å². The van der Waals surface area contributed by atoms with Crippen molar-refractivity contribution in [1.82, 2.24) is 30.2 Å². The van der Waals surface area contributed by atoms with E-state index >= 15 is 0 Å². The number of ether oxygens (including phenoxy) is 2. The van der Waals surface area contributed by atoms with Crippen molar-refractivity contribution < 1.29 is 34.1 Å². The number of rotatable bonds is 10. The van der Waals surface area contributed by atoms with E-state index in [2.05, 4.69) is 71.3 Å². The van der Waals surface area contributed by atoms with Gasteiger partial charge in [-0.2, -0.15) is 0 Å². The van der Waals surface area contributed by atoms with Gasteiger partial charge in [-0.05, 0) is 93.3 Å². The van der Waals surface area contributed by atoms with Gasteiger partial charge in [-0.25, -0.2) is 10.2 Å². The van der Waals surface area contributed by atoms with Gasteiger partial charge in [0.15, 0.2) is 0 Å². The molecule has 3 aliphatic rings. The van der Waals surface area contributed by atoms with E-state index < -0.39 is 41.1 Å². The number of hydrogen-bond donors (Lipinski definition) is 4. The third-order valence-corrected chi connectivity index (χ3v) is 10.7. The van der Waals surface area contributed by atoms with Gasteiger partial charge >= 0.3 is 12.1 Å². The van der Waals surface area contributed by atoms with Crippen LogP contribution in [0.2, 0.25) is 0 Å². The first-order valence-corrected chi connectivity index (χ1v) is 18.6. The molecule has 0 bridgehead atoms. The highest BCUT2D eigenvalue weighted by Gasteiger charge is 2.46. The number of carboxylic acids is 1. The molecule has 0 radical (unpaired) electrons. The maximum Gasteiger partial charge on any atom is 0.408 e. The highest BCUT2D eigenvalue weighted by Crippen LogP contribution is 2.56. The highest BCUT2D eigenvalue weighted by molar-refractivity contribution is 5.96. The maximum absolute atomic E-state index is 13.9. The summed E-state index contributed by atoms with van der Waals surface area (Å²) in [6.45, 7) is 14.0. The average molecular weight is 731 g/mol. The average Bonchev–Trinajstić information content (AvgIpc) is 3.46. The predicted molar refractivity (Wildman–Crippen MR) is 202 cm³/mol. The minimum Gasteiger partial charge on any atom is -0.480 e. The zero-order chi connectivity index (χ0) is 38.2. The van der Waals surface area contributed by atoms with Crippen molar-refractivity contribution in [2.45, 2.75) is 97.1 Å². The first-order chi connectivity index (χ1) is 25.2. The molecule has 4 N–H and O–H groups in total. The third-order valence-electron chi connectivity index (χ3n) is 10.7. The number of aliphatic carboxylic acids is 1. The summed E-state index contributed by atoms with van der Waals surface area (Å²) in [6, 6.07) is 8.77. The van der Waals surface area contributed by atoms with Crippen LogP contribution in [-0.2, 0) is 25.6 Å². The third kappa shape index (κ3) is 7.71. The van der Waals surface area contributed by atoms with Crippen LogP contribution in [0.5, 0.6) is 0 Å². The lowest BCUT2D eigenvalue weighted by molar-refractivity contribution is -0.148. The molecule has 286 valence electrons. The molecule has 6 rings (SSSR count). The number of benzene rings is 1. The zero-order valence-electron chi connectivity index (χ0n) is 31.9. The zero-order valence-corrected chi connectivity index (χ0v) is 31.9. The number of alkyl carbamates (subject to hydrolysis) is 1. The lowest BCUT2D eigenvalue weighted by Gasteiger charge is -2.41. The van der Waals surface area contributed by atoms with Crippen molar-refractivity contribution in [3.05, 3.63) is 59.4 Å². The molecule has 0 saturated carbocycles. The number of aryl methyl sites for hydroxylation is 1. The lowest BCUT2D eigenvalue weighted by Crippen LogP contribution is -2.62. The number of aliphatic hydroxyl groups is 1. The van der Waals surface area contributed by atoms with E-state index in [9.17, 15) is 24.6 Å². The molecular weight excluding hydrogens is 676 g/mol. The number of carbonyl (C=O) groups excluding carboxylic acids is 2. The van der Waals surface area contributed by atoms with E-state index in [1.165, 1.54) is 5.01 Å². The maximum atomic E-state index is 13.9. The fourth-order valence-corrected chi connectivity index (χ4v) is 8.19. The molecule has 1 aliphatic carbocycles. The number of methoxy groups -OCH3 is 1. The van der Waals surface area contributed by atoms with Crippen LogP contribution in [0.15, 0.2) is 42.6 Å². The number of carbonyl (C=O) groups is 3. The first kappa shape index (κ1) is 38.4. The number of nitrogens with one attached hydrogen (secondary N) is 2. The smallest absolute Gasteiger partial charge is 0.408 e. The summed E-state index contributed by atoms with van der Waals surface area (Å²) in [5, 5.41) is 25.5. The molecule has 1 fully saturated rings. The van der Waals surface area contributed by atoms with Crippen LogP contribution < -0.4 is 10.7 Å². The molecule has 2 unspecified atom stereocenters. The second kappa shape index (κ2) is 15.2. The largest absolute Gasteiger partial charge is 0.480 e. The SMILES string of the molecule is CCn1c2c(c3cc(C4=CCCN(CC(NC(=O)OC(C)(C)C)C(=O)N5CCC[C@@H](C(=O)O)N5)C4)ccc31)C(C(C)(C)CO)[C@H](OC)c1ncccc1-2. The Kier molecular flexibility index (Phi) is 11.0. The van der Waals surface area contributed by atoms with E-state index in [-0.39, 0.29) is 25.2 Å². The summed E-state index contributed by atoms with van der Waals surface area (Å²) in [6.07, 6.45) is 4.65. The van der Waals surface area contributed by atoms with Gasteiger partial charge < -0.3 is 29.6 Å². The van der Waals surface area contributed by atoms with Crippen LogP contribution in [0.3, 0.4) is 0 Å². The summed E-state index contributed by atoms with van der Waals surface area (Å²) >= 11 is 0. The van der Waals surface area contributed by atoms with Gasteiger partial charge in [0.1, 0.15) is 23.8 Å². The van der Waals surface area contributed by atoms with Crippen molar-refractivity contribution >= 4 is 34.4 Å². The first-order valence-electron chi connectivity index (χ1n) is 18.6. The lowest BCUT2D eigenvalue weighted by atomic mass is 9.67. The van der Waals surface area contributed by atoms with E-state index in [0.29, 0.717) is 32.5 Å². The fraction of sp³-hybridized carbons (Fsp3) is 0.550. The Morgan fingerprint density at radius 3 is 2.58 bits per heavy atom. The number of carboxylic acid groups (broad SMARTS) is 1. The number of hydrazine groups is 1. The van der Waals surface area contributed by atoms with Gasteiger partial charge in [-0.15, -0.1) is 0 Å². The Hall–Kier alpha value is -4.30. The van der Waals surface area contributed by atoms with E-state index in [4.69, 9.17) is 14.5 Å². The van der Waals surface area contributed by atoms with E-state index in [0.717, 1.165) is 57.5 Å². The van der Waals surface area contributed by atoms with Crippen molar-refractivity contribution in [3.8, 4) is 11.3 Å². The predicted octanol–water partition coefficient (Wildman–Crippen LogP) is 5.09. The van der Waals surface area contributed by atoms with Crippen LogP contribution in [0.25, 0.3) is 27.7 Å². The number of amides is 2. The quantitative estimate of drug-likeness (QED) is 0.222. The minimum absolute atomic E-state index is 0.0289. The monoisotopic (exact) mass is 730 g/mol. The van der Waals surface area contributed by atoms with Gasteiger partial charge in [0.25, 0.3) is 5.91 Å². The highest BCUT2D eigenvalue weighted by atomic mass is 16.6. The minimum atomic E-state index is -1.03. The molecule has 13 heteroatoms. The molecule has 1 aromatic carbocycles. The molecule has 0 spiro atoms. The number of aromatic nitrogens is 2. The summed E-state index contributed by atoms with van der Waals surface area (Å²) in [4.78, 5) is 45.6. The Morgan fingerprint density at radius 2 is 1.91 bits per heavy atom. The second-order valence-corrected chi connectivity index (χ2v) is 16.1. The van der Waals surface area contributed by atoms with Crippen molar-refractivity contribution in [2.75, 3.05) is 39.9 Å². The van der Waals surface area contributed by atoms with Crippen LogP contribution >= 0.6 is 0 Å². The summed E-state index contributed by atoms with van der Waals surface area (Å²) in [5.74, 6) is -1.61. The molecule has 13 nitrogen and oxygen atoms in total. The molecule has 2 aromatic heterocycles. The number of nitrogens with zero attached hydrogens (tertiary/aromatic N) is 4. The Morgan fingerprint density at radius 1 is 1.13 bits per heavy atom. The normalized spacial score (nSPS) is 21.4. The van der Waals surface area contributed by atoms with E-state index in [1.807, 2.05) is 6.07 Å². The van der Waals surface area contributed by atoms with Gasteiger partial charge in [0, 0.05) is 75.0 Å². The topological polar surface area (TPSA) is 158 Å². The Bertz CT molecular complexity index is 1900. The number of pyridine rings is 1. The molecule has 1 saturated heterocycles. The van der Waals surface area contributed by atoms with Gasteiger partial charge in [0.05, 0.1) is 11.4 Å². The summed E-state index contributed by atoms with van der Waals surface area (Å²) in [5.41, 5.74) is 8.95. The number of aliphatic hydroxyl groups excluding tert-OH is 1. The van der Waals surface area contributed by atoms with Gasteiger partial charge in [-0.1, -0.05) is 26.0 Å². The Balaban J connectivity index is 1.33. The molecule has 4 atom stereocenters. The number of hydrogen-bond acceptors (Lipinski definition) is 9. The molecule has 3 aromatic rings. The van der Waals surface area contributed by atoms with Crippen molar-refractivity contribution in [3.63, 3.8) is 0 Å². The molecular formula is C40H54N6O7. The summed E-state index contributed by atoms with van der Waals surface area (Å²) < 4.78 is 14.1. The number of fused-ring (bicyclic) bond motifs is 5. The summed E-state index contributed by atoms with van der Waals surface area (Å²) in [7, 11) is 1.71. The Labute approximate surface area is 311 Å². The van der Waals surface area contributed by atoms with Gasteiger partial charge in [-0.3, -0.25) is 24.5 Å². The van der Waals surface area contributed by atoms with Crippen molar-refractivity contribution in [1.29, 1.82) is 0 Å². The van der Waals surface area contributed by atoms with Crippen LogP contribution in [0.1, 0.15) is 89.6 Å². The fourth-order valence-electron chi connectivity index (χ4n) is 8.19. The molecule has 2 aliphatic heterocycles. The van der Waals surface area contributed by atoms with Crippen LogP contribution in [-0.4, -0.2) is 105 Å². The molecule has 4 heterocycles. The van der Waals surface area contributed by atoms with Crippen LogP contribution in [0.4, 0.5) is 4.79 Å². The molecule has 2 amide bonds.